The summed E-state index contributed by atoms with van der Waals surface area (Å²) < 4.78 is 39.0. The van der Waals surface area contributed by atoms with Crippen LogP contribution in [0.4, 0.5) is 14.4 Å². The van der Waals surface area contributed by atoms with Crippen molar-refractivity contribution in [1.82, 2.24) is 10.2 Å². The zero-order chi connectivity index (χ0) is 75.7. The third-order valence-corrected chi connectivity index (χ3v) is 13.3. The van der Waals surface area contributed by atoms with Crippen molar-refractivity contribution in [1.29, 1.82) is 0 Å². The second-order valence-corrected chi connectivity index (χ2v) is 25.7. The molecule has 3 aromatic carbocycles. The van der Waals surface area contributed by atoms with Crippen molar-refractivity contribution >= 4 is 53.2 Å². The largest absolute Gasteiger partial charge is 1.00 e. The van der Waals surface area contributed by atoms with Crippen LogP contribution < -0.4 is 154 Å². The van der Waals surface area contributed by atoms with Crippen LogP contribution in [0.3, 0.4) is 0 Å². The molecule has 0 aliphatic carbocycles. The fraction of sp³-hybridized carbons (Fsp3) is 0.625. The van der Waals surface area contributed by atoms with Gasteiger partial charge in [-0.3, -0.25) is 29.4 Å². The van der Waals surface area contributed by atoms with E-state index < -0.39 is 114 Å². The summed E-state index contributed by atoms with van der Waals surface area (Å²) in [4.78, 5) is 77.0. The molecule has 4 saturated heterocycles. The number of rotatable bonds is 10. The molecule has 37 heteroatoms. The van der Waals surface area contributed by atoms with E-state index in [1.54, 1.807) is 76.2 Å². The molecule has 562 valence electrons. The summed E-state index contributed by atoms with van der Waals surface area (Å²) in [7, 11) is 0. The number of carboxylic acid groups (broad SMARTS) is 1. The monoisotopic (exact) mass is 1570 g/mol. The first kappa shape index (κ1) is 107. The number of carbonyl (C=O) groups excluding carboxylic acids is 5. The number of hydrogen-bond donors (Lipinski definition) is 11. The Morgan fingerprint density at radius 3 is 1.23 bits per heavy atom. The smallest absolute Gasteiger partial charge is 1.00 e. The minimum absolute atomic E-state index is 0. The summed E-state index contributed by atoms with van der Waals surface area (Å²) in [5, 5.41) is 114. The summed E-state index contributed by atoms with van der Waals surface area (Å²) in [6.45, 7) is 24.6. The van der Waals surface area contributed by atoms with E-state index in [4.69, 9.17) is 83.6 Å². The van der Waals surface area contributed by atoms with Crippen LogP contribution in [0, 0.1) is 10.1 Å². The molecular weight excluding hydrogens is 1470 g/mol. The number of halogens is 1. The second kappa shape index (κ2) is 57.7. The number of carboxylic acids is 1. The number of nitrogens with zero attached hydrogens (tertiary/aromatic N) is 2. The molecule has 3 aromatic rings. The van der Waals surface area contributed by atoms with Gasteiger partial charge in [-0.05, 0) is 120 Å². The van der Waals surface area contributed by atoms with Gasteiger partial charge in [0.1, 0.15) is 35.1 Å². The fourth-order valence-electron chi connectivity index (χ4n) is 8.61. The van der Waals surface area contributed by atoms with Gasteiger partial charge in [0.2, 0.25) is 6.04 Å². The number of nitro groups is 1. The molecule has 13 N–H and O–H groups in total. The van der Waals surface area contributed by atoms with Crippen LogP contribution in [0.2, 0.25) is 0 Å². The summed E-state index contributed by atoms with van der Waals surface area (Å²) in [5.74, 6) is -0.833. The van der Waals surface area contributed by atoms with Crippen molar-refractivity contribution in [2.24, 2.45) is 0 Å². The number of quaternary nitrogens is 1. The first-order valence-corrected chi connectivity index (χ1v) is 31.8. The fourth-order valence-corrected chi connectivity index (χ4v) is 8.99. The van der Waals surface area contributed by atoms with Gasteiger partial charge >= 0.3 is 151 Å². The predicted molar refractivity (Wildman–Crippen MR) is 347 cm³/mol. The molecule has 4 fully saturated rings. The molecule has 0 saturated carbocycles. The molecule has 0 spiro atoms. The molecular formula is C64H103BrK2N4NaO29+. The maximum Gasteiger partial charge on any atom is 1.00 e. The first-order valence-electron chi connectivity index (χ1n) is 30.7. The Kier molecular flexibility index (Phi) is 61.3. The van der Waals surface area contributed by atoms with Crippen LogP contribution in [0.1, 0.15) is 141 Å². The van der Waals surface area contributed by atoms with Crippen LogP contribution >= 0.6 is 15.9 Å². The van der Waals surface area contributed by atoms with E-state index >= 15 is 0 Å². The van der Waals surface area contributed by atoms with Gasteiger partial charge in [-0.25, -0.2) is 14.4 Å². The topological polar surface area (TPSA) is 509 Å². The van der Waals surface area contributed by atoms with Crippen molar-refractivity contribution in [3.05, 3.63) is 118 Å². The number of aliphatic carboxylic acids is 1. The maximum atomic E-state index is 11.5. The van der Waals surface area contributed by atoms with Crippen molar-refractivity contribution in [2.45, 2.75) is 256 Å². The van der Waals surface area contributed by atoms with Crippen LogP contribution in [0.15, 0.2) is 91.0 Å². The van der Waals surface area contributed by atoms with Crippen LogP contribution in [-0.2, 0) is 80.5 Å². The van der Waals surface area contributed by atoms with Gasteiger partial charge in [0.15, 0.2) is 37.4 Å². The minimum Gasteiger partial charge on any atom is -1.00 e. The number of aliphatic hydroxyl groups is 8. The molecule has 8 unspecified atom stereocenters. The molecule has 4 heterocycles. The van der Waals surface area contributed by atoms with Crippen molar-refractivity contribution in [2.75, 3.05) is 0 Å². The Bertz CT molecular complexity index is 2600. The van der Waals surface area contributed by atoms with E-state index in [0.29, 0.717) is 19.3 Å². The van der Waals surface area contributed by atoms with Gasteiger partial charge in [0, 0.05) is 49.2 Å². The van der Waals surface area contributed by atoms with Crippen LogP contribution in [0.25, 0.3) is 0 Å². The van der Waals surface area contributed by atoms with Crippen LogP contribution in [0.5, 0.6) is 0 Å². The number of hydrogen-bond acceptors (Lipinski definition) is 29. The SMILES string of the molecule is BrCc1ccccc1.CC(=O)O.CC(C)(C)OC(=O)OC(=O)OC(C)(C)C.C[C@@H]1CC(N(Cc2ccccc2)Cc2ccccc2)C(O)[C@@H](O)O1.C[C@@H]1CC(NC(=O)OC(C)(C)C)C(O)[C@@H](O)O1.C[C@@H]1CC([N+](=O)[O-])C(O)[C@@H](O)O1.C[C@@H]1CC([NH3+])C(O)[C@@H](O)O1.O=CO[O-].O=CO[O-].[H-].[K+].[K+].[Na+]. The van der Waals surface area contributed by atoms with Crippen molar-refractivity contribution in [3.63, 3.8) is 0 Å². The molecule has 4 aliphatic rings. The average Bonchev–Trinajstić information content (AvgIpc) is 0.830. The van der Waals surface area contributed by atoms with Gasteiger partial charge < -0.3 is 117 Å². The number of amides is 1. The second-order valence-electron chi connectivity index (χ2n) is 25.1. The van der Waals surface area contributed by atoms with E-state index in [2.05, 4.69) is 82.8 Å². The summed E-state index contributed by atoms with van der Waals surface area (Å²) in [6.07, 6.45) is -10.7. The first-order chi connectivity index (χ1) is 45.4. The quantitative estimate of drug-likeness (QED) is 0.0104. The van der Waals surface area contributed by atoms with Crippen molar-refractivity contribution < 1.29 is 277 Å². The van der Waals surface area contributed by atoms with E-state index in [1.807, 2.05) is 68.4 Å². The Balaban J connectivity index is -0.000000267. The molecule has 0 aromatic heterocycles. The Morgan fingerprint density at radius 2 is 0.901 bits per heavy atom. The number of alkyl halides is 1. The number of benzene rings is 3. The van der Waals surface area contributed by atoms with Gasteiger partial charge in [0.25, 0.3) is 18.9 Å². The van der Waals surface area contributed by atoms with E-state index in [0.717, 1.165) is 25.3 Å². The van der Waals surface area contributed by atoms with Crippen molar-refractivity contribution in [3.8, 4) is 0 Å². The molecule has 101 heavy (non-hydrogen) atoms. The molecule has 0 bridgehead atoms. The normalized spacial score (nSPS) is 25.3. The molecule has 16 atom stereocenters. The van der Waals surface area contributed by atoms with Gasteiger partial charge in [-0.15, -0.1) is 0 Å². The summed E-state index contributed by atoms with van der Waals surface area (Å²) in [5.41, 5.74) is 5.41. The zero-order valence-electron chi connectivity index (χ0n) is 61.7. The molecule has 33 nitrogen and oxygen atoms in total. The summed E-state index contributed by atoms with van der Waals surface area (Å²) >= 11 is 3.36. The Labute approximate surface area is 706 Å². The van der Waals surface area contributed by atoms with Gasteiger partial charge in [-0.1, -0.05) is 107 Å². The minimum atomic E-state index is -1.44. The van der Waals surface area contributed by atoms with Gasteiger partial charge in [-0.2, -0.15) is 0 Å². The molecule has 0 radical (unpaired) electrons. The van der Waals surface area contributed by atoms with Gasteiger partial charge in [0.05, 0.1) is 30.5 Å². The van der Waals surface area contributed by atoms with E-state index in [1.165, 1.54) is 16.7 Å². The third-order valence-electron chi connectivity index (χ3n) is 12.6. The van der Waals surface area contributed by atoms with Crippen LogP contribution in [-0.4, -0.2) is 208 Å². The molecule has 7 rings (SSSR count). The third kappa shape index (κ3) is 53.9. The Morgan fingerprint density at radius 1 is 0.584 bits per heavy atom. The molecule has 4 aliphatic heterocycles. The Hall–Kier alpha value is -2.41. The van der Waals surface area contributed by atoms with E-state index in [-0.39, 0.29) is 184 Å². The molecule has 1 amide bonds. The number of alkyl carbamates (subject to hydrolysis) is 1. The number of carbonyl (C=O) groups is 6. The standard InChI is InChI=1S/C20H25NO3.C11H21NO5.C10H18O5.C7H7Br.C6H11NO5.C6H13NO3.C2H4O2.2CH2O3.2K.Na.H/c1-15-12-18(19(22)20(23)24-15)21(13-16-8-4-2-5-9-16)14-17-10-6-3-7-11-17;1-6-5-7(8(13)9(14)16-6)12-10(15)17-11(2,3)4;1-9(2,3)14-7(11)13-8(12)15-10(4,5)6;8-6-7-4-2-1-3-5-7;1-3-2-4(7(10)11)5(8)6(9)12-3;1-3-2-4(7)5(8)6(9)10-3;1-2(3)4;2*2-1-4-3;;;;/h2-11,15,18-20,22-23H,12-14H2,1H3;6-9,13-14H,5H2,1-4H3,(H,12,15);1-6H3;1-5H,6H2;3-6,8-9H,2H2,1H3;3-6,8-9H,2,7H2,1H3;1H3,(H,3,4);2*1,3H;;;;/q;;;;;;;;;3*+1;-1/p-1/t15-,18?,19?,20+;6-,7?,8?,9+;;;2*3-,4?,5?,6+;;;;;;;/m11..11......./s1. The average molecular weight is 1570 g/mol. The number of ether oxygens (including phenoxy) is 8. The number of aliphatic hydroxyl groups excluding tert-OH is 8. The predicted octanol–water partition coefficient (Wildman–Crippen LogP) is -6.34. The number of nitrogens with one attached hydrogen (secondary N) is 1. The summed E-state index contributed by atoms with van der Waals surface area (Å²) in [6, 6.07) is 28.8. The maximum absolute atomic E-state index is 11.5. The zero-order valence-corrected chi connectivity index (χ0v) is 70.5. The van der Waals surface area contributed by atoms with E-state index in [9.17, 15) is 44.9 Å².